The van der Waals surface area contributed by atoms with Crippen LogP contribution in [0.1, 0.15) is 223 Å². The maximum absolute atomic E-state index is 14.1. The number of nitrogens with zero attached hydrogens (tertiary/aromatic N) is 1. The molecule has 3 saturated carbocycles. The van der Waals surface area contributed by atoms with Crippen LogP contribution in [-0.2, 0) is 100 Å². The Kier molecular flexibility index (Phi) is 52.6. The normalized spacial score (nSPS) is 17.0. The Hall–Kier alpha value is -4.72. The van der Waals surface area contributed by atoms with Crippen LogP contribution in [0.25, 0.3) is 0 Å². The minimum atomic E-state index is -0.770. The molecule has 8 N–H and O–H groups in total. The van der Waals surface area contributed by atoms with Gasteiger partial charge in [0, 0.05) is 87.8 Å². The van der Waals surface area contributed by atoms with Gasteiger partial charge in [0.2, 0.25) is 0 Å². The van der Waals surface area contributed by atoms with Crippen molar-refractivity contribution < 1.29 is 129 Å². The molecule has 33 heteroatoms. The first-order valence-corrected chi connectivity index (χ1v) is 42.5. The number of ether oxygens (including phenoxy) is 3. The molecule has 0 unspecified atom stereocenters. The van der Waals surface area contributed by atoms with Gasteiger partial charge in [-0.3, -0.25) is 0 Å². The number of nitrogens with one attached hydrogen (secondary N) is 2. The maximum atomic E-state index is 14.1. The molecule has 0 radical (unpaired) electrons. The Morgan fingerprint density at radius 2 is 0.756 bits per heavy atom. The van der Waals surface area contributed by atoms with Crippen molar-refractivity contribution in [3.63, 3.8) is 0 Å². The number of carbonyl (C=O) groups is 3. The van der Waals surface area contributed by atoms with Crippen LogP contribution >= 0.6 is 59.4 Å². The number of alkyl carbamates (subject to hydrolysis) is 2. The summed E-state index contributed by atoms with van der Waals surface area (Å²) in [5.41, 5.74) is 7.70. The third kappa shape index (κ3) is 41.7. The second-order valence-corrected chi connectivity index (χ2v) is 36.1. The topological polar surface area (TPSA) is 289 Å². The van der Waals surface area contributed by atoms with E-state index >= 15 is 0 Å². The van der Waals surface area contributed by atoms with E-state index in [1.165, 1.54) is 24.3 Å². The summed E-state index contributed by atoms with van der Waals surface area (Å²) in [5.74, 6) is -1.02. The molecule has 6 fully saturated rings. The summed E-state index contributed by atoms with van der Waals surface area (Å²) in [5, 5.41) is 46.4. The number of carbonyl (C=O) groups excluding carboxylic acids is 3. The number of aliphatic hydroxyl groups is 4. The van der Waals surface area contributed by atoms with Gasteiger partial charge in [-0.1, -0.05) is 175 Å². The zero-order chi connectivity index (χ0) is 91.0. The Morgan fingerprint density at radius 3 is 1.04 bits per heavy atom. The molecule has 0 bridgehead atoms. The van der Waals surface area contributed by atoms with Gasteiger partial charge in [-0.2, -0.15) is 12.2 Å². The molecule has 13 rings (SSSR count). The summed E-state index contributed by atoms with van der Waals surface area (Å²) in [6.07, 6.45) is 3.45. The molecular formula is C90H123B3Br4ClF3MgN4O16Ti. The molecule has 7 aromatic rings. The van der Waals surface area contributed by atoms with Crippen LogP contribution in [0.4, 0.5) is 27.6 Å². The van der Waals surface area contributed by atoms with Crippen molar-refractivity contribution in [3.8, 4) is 6.07 Å². The zero-order valence-corrected chi connectivity index (χ0v) is 84.8. The van der Waals surface area contributed by atoms with Crippen LogP contribution in [-0.4, -0.2) is 140 Å². The number of amides is 2. The number of benzene rings is 7. The fourth-order valence-electron chi connectivity index (χ4n) is 10.5. The van der Waals surface area contributed by atoms with E-state index in [4.69, 9.17) is 80.4 Å². The number of hydrogen-bond donors (Lipinski definition) is 7. The van der Waals surface area contributed by atoms with E-state index in [1.807, 2.05) is 204 Å². The molecule has 20 nitrogen and oxygen atoms in total. The van der Waals surface area contributed by atoms with Crippen molar-refractivity contribution in [1.29, 1.82) is 5.26 Å². The van der Waals surface area contributed by atoms with E-state index in [0.717, 1.165) is 57.9 Å². The molecule has 670 valence electrons. The monoisotopic (exact) mass is 2030 g/mol. The van der Waals surface area contributed by atoms with Crippen molar-refractivity contribution >= 4 is 127 Å². The molecule has 7 aromatic carbocycles. The molecular weight excluding hydrogens is 1910 g/mol. The van der Waals surface area contributed by atoms with Crippen LogP contribution in [0.15, 0.2) is 183 Å². The van der Waals surface area contributed by atoms with Gasteiger partial charge in [-0.25, -0.2) is 27.6 Å². The zero-order valence-electron chi connectivity index (χ0n) is 74.7. The van der Waals surface area contributed by atoms with Gasteiger partial charge in [0.25, 0.3) is 0 Å². The summed E-state index contributed by atoms with van der Waals surface area (Å²) in [6, 6.07) is 52.6. The van der Waals surface area contributed by atoms with Crippen LogP contribution in [0.2, 0.25) is 0 Å². The predicted octanol–water partition coefficient (Wildman–Crippen LogP) is 17.2. The van der Waals surface area contributed by atoms with Crippen LogP contribution in [0.5, 0.6) is 0 Å². The average Bonchev–Trinajstić information content (AvgIpc) is 1.61. The number of halogens is 8. The Labute approximate surface area is 801 Å². The summed E-state index contributed by atoms with van der Waals surface area (Å²) >= 11 is 14.5. The number of hydrogen-bond acceptors (Lipinski definition) is 18. The van der Waals surface area contributed by atoms with Crippen molar-refractivity contribution in [2.45, 2.75) is 278 Å². The summed E-state index contributed by atoms with van der Waals surface area (Å²) in [4.78, 5) is 34.4. The summed E-state index contributed by atoms with van der Waals surface area (Å²) in [6.45, 7) is 43.9. The molecule has 3 aliphatic carbocycles. The minimum absolute atomic E-state index is 0. The van der Waals surface area contributed by atoms with E-state index in [2.05, 4.69) is 70.1 Å². The maximum Gasteiger partial charge on any atom is 2.00 e. The first-order valence-electron chi connectivity index (χ1n) is 39.7. The largest absolute Gasteiger partial charge is 2.00 e. The quantitative estimate of drug-likeness (QED) is 0.0244. The first-order chi connectivity index (χ1) is 55.7. The van der Waals surface area contributed by atoms with Crippen LogP contribution in [0.3, 0.4) is 0 Å². The fraction of sp³-hybridized carbons (Fsp3) is 0.478. The van der Waals surface area contributed by atoms with Crippen molar-refractivity contribution in [1.82, 2.24) is 10.6 Å². The third-order valence-electron chi connectivity index (χ3n) is 19.3. The molecule has 0 spiro atoms. The first kappa shape index (κ1) is 118. The molecule has 0 atom stereocenters. The van der Waals surface area contributed by atoms with Gasteiger partial charge in [0.15, 0.2) is 0 Å². The van der Waals surface area contributed by atoms with E-state index in [1.54, 1.807) is 92.6 Å². The van der Waals surface area contributed by atoms with E-state index in [-0.39, 0.29) is 181 Å². The summed E-state index contributed by atoms with van der Waals surface area (Å²) in [7, 11) is -1.33. The minimum Gasteiger partial charge on any atom is -1.00 e. The van der Waals surface area contributed by atoms with E-state index < -0.39 is 36.9 Å². The van der Waals surface area contributed by atoms with Gasteiger partial charge in [-0.15, -0.1) is 0 Å². The average molecular weight is 2030 g/mol. The summed E-state index contributed by atoms with van der Waals surface area (Å²) < 4.78 is 93.3. The SMILES string of the molecule is CC(C)O.CC(C)O.CC(C)O.CC(C)O.CC1(C)OB(B2OC(C)(C)C(C)(C)O2)OC1(C)C.CC1(C)OB(c2ccc(C3(NC(=O)OCc4ccccc4)CC3)cc2)OC1(C)C.N#Cc1ccc(Br)cc1F.NC1(c2ccc(Br)cc2F)CC1.O=C(Cl)OCc1ccccc1.O=C(NC1(c2ccc(Br)cc2F)CC1)OCc1ccccc1.[Br-].[CH2-]C.[Mg+2].[Ti]. The van der Waals surface area contributed by atoms with Crippen molar-refractivity contribution in [2.24, 2.45) is 5.73 Å². The molecule has 6 aliphatic rings. The second-order valence-electron chi connectivity index (χ2n) is 33.0. The number of aliphatic hydroxyl groups excluding tert-OH is 4. The number of nitriles is 1. The van der Waals surface area contributed by atoms with Gasteiger partial charge < -0.3 is 103 Å². The molecule has 2 amide bonds. The molecule has 123 heavy (non-hydrogen) atoms. The van der Waals surface area contributed by atoms with E-state index in [0.29, 0.717) is 32.9 Å². The third-order valence-corrected chi connectivity index (χ3v) is 20.9. The fourth-order valence-corrected chi connectivity index (χ4v) is 11.6. The van der Waals surface area contributed by atoms with Gasteiger partial charge in [-0.05, 0) is 247 Å². The van der Waals surface area contributed by atoms with Gasteiger partial charge >= 0.3 is 61.8 Å². The second kappa shape index (κ2) is 54.7. The number of rotatable bonds is 13. The molecule has 3 aliphatic heterocycles. The molecule has 0 aromatic heterocycles. The molecule has 3 saturated heterocycles. The Bertz CT molecular complexity index is 4200. The van der Waals surface area contributed by atoms with E-state index in [9.17, 15) is 27.6 Å². The number of nitrogens with two attached hydrogens (primary N) is 1. The Balaban J connectivity index is 0.00000143. The smallest absolute Gasteiger partial charge is 1.00 e. The van der Waals surface area contributed by atoms with Crippen LogP contribution < -0.4 is 38.8 Å². The molecule has 3 heterocycles. The Morgan fingerprint density at radius 1 is 0.472 bits per heavy atom. The van der Waals surface area contributed by atoms with Crippen LogP contribution in [0, 0.1) is 35.7 Å². The van der Waals surface area contributed by atoms with Crippen molar-refractivity contribution in [3.05, 3.63) is 247 Å². The van der Waals surface area contributed by atoms with Gasteiger partial charge in [0.1, 0.15) is 43.3 Å². The predicted molar refractivity (Wildman–Crippen MR) is 486 cm³/mol. The van der Waals surface area contributed by atoms with Gasteiger partial charge in [0.05, 0.1) is 50.2 Å². The standard InChI is InChI=1S/C23H28BNO4.C17H15BrFNO2.C12H24B2O4.C9H9BrFN.C8H7ClO2.C7H3BrFN.4C3H8O.C2H5.BrH.Mg.Ti/c1-21(2)22(3,4)29-24(28-21)19-12-10-18(11-13-19)23(14-15-23)25-20(26)27-16-17-8-6-5-7-9-17;18-13-6-7-14(15(19)10-13)17(8-9-17)20-16(21)22-11-12-4-2-1-3-5-12;1-9(2)10(3,4)16-13(15-9)14-17-11(5,6)12(7,8)18-14;10-6-1-2-7(8(11)5-6)9(12)3-4-9;9-8(10)11-6-7-4-2-1-3-5-7;8-6-2-1-5(4-10)7(9)3-6;4*1-3(2)4;1-2;;;/h5-13H,14-16H2,1-4H3,(H,25,26);1-7,10H,8-9,11H2,(H,20,21);1-8H3;1-2,5H,3-4,12H2;1-5H,6H2;1-3H;4*3-4H,1-2H3;1H2,2H3;1H;;/q;;;;;;;;;;-1;;+2;/p-1. The van der Waals surface area contributed by atoms with Crippen molar-refractivity contribution in [2.75, 3.05) is 0 Å².